The molecular weight excluding hydrogens is 350 g/mol. The summed E-state index contributed by atoms with van der Waals surface area (Å²) < 4.78 is 52.1. The van der Waals surface area contributed by atoms with E-state index in [9.17, 15) is 17.6 Å². The molecule has 0 bridgehead atoms. The number of alkyl halides is 3. The van der Waals surface area contributed by atoms with Gasteiger partial charge in [0.15, 0.2) is 0 Å². The molecule has 1 atom stereocenters. The van der Waals surface area contributed by atoms with Crippen molar-refractivity contribution < 1.29 is 17.6 Å². The Morgan fingerprint density at radius 1 is 1.05 bits per heavy atom. The molecule has 2 rings (SSSR count). The van der Waals surface area contributed by atoms with Gasteiger partial charge in [0.25, 0.3) is 0 Å². The molecule has 2 aromatic rings. The minimum atomic E-state index is -4.38. The lowest BCUT2D eigenvalue weighted by molar-refractivity contribution is -0.137. The van der Waals surface area contributed by atoms with Crippen LogP contribution in [-0.4, -0.2) is 7.05 Å². The molecule has 1 unspecified atom stereocenters. The van der Waals surface area contributed by atoms with Gasteiger partial charge in [-0.25, -0.2) is 4.39 Å². The second-order valence-corrected chi connectivity index (χ2v) is 5.34. The highest BCUT2D eigenvalue weighted by atomic mass is 79.9. The Morgan fingerprint density at radius 3 is 2.19 bits per heavy atom. The lowest BCUT2D eigenvalue weighted by Crippen LogP contribution is -2.19. The van der Waals surface area contributed by atoms with Crippen LogP contribution in [0.25, 0.3) is 0 Å². The Balaban J connectivity index is 2.40. The van der Waals surface area contributed by atoms with E-state index in [0.29, 0.717) is 15.6 Å². The third-order valence-corrected chi connectivity index (χ3v) is 3.76. The first-order valence-corrected chi connectivity index (χ1v) is 6.92. The van der Waals surface area contributed by atoms with Gasteiger partial charge in [-0.15, -0.1) is 0 Å². The molecule has 21 heavy (non-hydrogen) atoms. The van der Waals surface area contributed by atoms with Crippen molar-refractivity contribution in [1.29, 1.82) is 0 Å². The summed E-state index contributed by atoms with van der Waals surface area (Å²) in [5.74, 6) is -0.434. The molecule has 0 saturated carbocycles. The van der Waals surface area contributed by atoms with E-state index in [2.05, 4.69) is 21.2 Å². The van der Waals surface area contributed by atoms with E-state index in [1.807, 2.05) is 0 Å². The zero-order valence-corrected chi connectivity index (χ0v) is 12.6. The van der Waals surface area contributed by atoms with E-state index in [-0.39, 0.29) is 0 Å². The summed E-state index contributed by atoms with van der Waals surface area (Å²) in [6.07, 6.45) is -4.38. The molecular formula is C15H12BrF4N. The third kappa shape index (κ3) is 3.44. The molecule has 1 N–H and O–H groups in total. The molecule has 0 aliphatic heterocycles. The lowest BCUT2D eigenvalue weighted by Gasteiger charge is -2.19. The van der Waals surface area contributed by atoms with Crippen molar-refractivity contribution in [3.05, 3.63) is 69.4 Å². The van der Waals surface area contributed by atoms with Gasteiger partial charge >= 0.3 is 6.18 Å². The van der Waals surface area contributed by atoms with E-state index in [4.69, 9.17) is 0 Å². The fraction of sp³-hybridized carbons (Fsp3) is 0.200. The van der Waals surface area contributed by atoms with Gasteiger partial charge in [-0.1, -0.05) is 24.3 Å². The van der Waals surface area contributed by atoms with Crippen LogP contribution in [0.3, 0.4) is 0 Å². The zero-order valence-electron chi connectivity index (χ0n) is 11.0. The summed E-state index contributed by atoms with van der Waals surface area (Å²) >= 11 is 3.10. The van der Waals surface area contributed by atoms with Crippen LogP contribution in [0.4, 0.5) is 17.6 Å². The number of nitrogens with one attached hydrogen (secondary N) is 1. The van der Waals surface area contributed by atoms with Crippen LogP contribution in [0.1, 0.15) is 22.7 Å². The Hall–Kier alpha value is -1.40. The first-order chi connectivity index (χ1) is 9.84. The van der Waals surface area contributed by atoms with Gasteiger partial charge in [-0.3, -0.25) is 0 Å². The van der Waals surface area contributed by atoms with Crippen LogP contribution >= 0.6 is 15.9 Å². The average molecular weight is 362 g/mol. The normalized spacial score (nSPS) is 13.2. The van der Waals surface area contributed by atoms with Crippen LogP contribution in [-0.2, 0) is 6.18 Å². The number of benzene rings is 2. The molecule has 0 saturated heterocycles. The third-order valence-electron chi connectivity index (χ3n) is 3.15. The van der Waals surface area contributed by atoms with Gasteiger partial charge in [-0.2, -0.15) is 13.2 Å². The molecule has 0 heterocycles. The fourth-order valence-electron chi connectivity index (χ4n) is 2.11. The summed E-state index contributed by atoms with van der Waals surface area (Å²) in [5, 5.41) is 2.92. The summed E-state index contributed by atoms with van der Waals surface area (Å²) in [7, 11) is 1.63. The van der Waals surface area contributed by atoms with E-state index >= 15 is 0 Å². The fourth-order valence-corrected chi connectivity index (χ4v) is 2.49. The van der Waals surface area contributed by atoms with Gasteiger partial charge in [0, 0.05) is 5.56 Å². The molecule has 0 fully saturated rings. The minimum Gasteiger partial charge on any atom is -0.309 e. The second kappa shape index (κ2) is 6.15. The van der Waals surface area contributed by atoms with Crippen molar-refractivity contribution in [3.63, 3.8) is 0 Å². The second-order valence-electron chi connectivity index (χ2n) is 4.48. The molecule has 1 nitrogen and oxygen atoms in total. The quantitative estimate of drug-likeness (QED) is 0.765. The van der Waals surface area contributed by atoms with Crippen molar-refractivity contribution in [2.24, 2.45) is 0 Å². The molecule has 0 aliphatic rings. The first-order valence-electron chi connectivity index (χ1n) is 6.13. The predicted molar refractivity (Wildman–Crippen MR) is 76.4 cm³/mol. The van der Waals surface area contributed by atoms with Crippen LogP contribution < -0.4 is 5.32 Å². The summed E-state index contributed by atoms with van der Waals surface area (Å²) in [5.41, 5.74) is 0.199. The Bertz CT molecular complexity index is 623. The van der Waals surface area contributed by atoms with Crippen LogP contribution in [0.15, 0.2) is 46.9 Å². The predicted octanol–water partition coefficient (Wildman–Crippen LogP) is 4.92. The van der Waals surface area contributed by atoms with E-state index in [0.717, 1.165) is 12.1 Å². The van der Waals surface area contributed by atoms with Gasteiger partial charge < -0.3 is 5.32 Å². The first kappa shape index (κ1) is 16.0. The number of hydrogen-bond acceptors (Lipinski definition) is 1. The van der Waals surface area contributed by atoms with Crippen molar-refractivity contribution in [3.8, 4) is 0 Å². The standard InChI is InChI=1S/C15H12BrF4N/c1-21-14(11-3-2-4-12(16)13(11)17)9-5-7-10(8-6-9)15(18,19)20/h2-8,14,21H,1H3. The number of rotatable bonds is 3. The van der Waals surface area contributed by atoms with E-state index < -0.39 is 23.6 Å². The maximum Gasteiger partial charge on any atom is 0.416 e. The highest BCUT2D eigenvalue weighted by molar-refractivity contribution is 9.10. The largest absolute Gasteiger partial charge is 0.416 e. The average Bonchev–Trinajstić information content (AvgIpc) is 2.44. The van der Waals surface area contributed by atoms with Crippen LogP contribution in [0, 0.1) is 5.82 Å². The topological polar surface area (TPSA) is 12.0 Å². The maximum absolute atomic E-state index is 14.1. The zero-order chi connectivity index (χ0) is 15.6. The molecule has 6 heteroatoms. The van der Waals surface area contributed by atoms with Gasteiger partial charge in [-0.05, 0) is 46.7 Å². The molecule has 0 aliphatic carbocycles. The van der Waals surface area contributed by atoms with Crippen LogP contribution in [0.5, 0.6) is 0 Å². The van der Waals surface area contributed by atoms with E-state index in [1.165, 1.54) is 12.1 Å². The molecule has 0 amide bonds. The SMILES string of the molecule is CNC(c1ccc(C(F)(F)F)cc1)c1cccc(Br)c1F. The molecule has 0 spiro atoms. The maximum atomic E-state index is 14.1. The van der Waals surface area contributed by atoms with Gasteiger partial charge in [0.05, 0.1) is 16.1 Å². The van der Waals surface area contributed by atoms with Gasteiger partial charge in [0.1, 0.15) is 5.82 Å². The van der Waals surface area contributed by atoms with Gasteiger partial charge in [0.2, 0.25) is 0 Å². The van der Waals surface area contributed by atoms with Crippen molar-refractivity contribution in [1.82, 2.24) is 5.32 Å². The minimum absolute atomic E-state index is 0.312. The highest BCUT2D eigenvalue weighted by Gasteiger charge is 2.30. The molecule has 0 radical (unpaired) electrons. The lowest BCUT2D eigenvalue weighted by atomic mass is 9.97. The molecule has 2 aromatic carbocycles. The van der Waals surface area contributed by atoms with Crippen molar-refractivity contribution in [2.75, 3.05) is 7.05 Å². The Morgan fingerprint density at radius 2 is 1.67 bits per heavy atom. The smallest absolute Gasteiger partial charge is 0.309 e. The number of halogens is 5. The molecule has 112 valence electrons. The summed E-state index contributed by atoms with van der Waals surface area (Å²) in [4.78, 5) is 0. The Labute approximate surface area is 128 Å². The summed E-state index contributed by atoms with van der Waals surface area (Å²) in [6, 6.07) is 9.01. The Kier molecular flexibility index (Phi) is 4.68. The van der Waals surface area contributed by atoms with E-state index in [1.54, 1.807) is 25.2 Å². The van der Waals surface area contributed by atoms with Crippen molar-refractivity contribution in [2.45, 2.75) is 12.2 Å². The van der Waals surface area contributed by atoms with Crippen molar-refractivity contribution >= 4 is 15.9 Å². The monoisotopic (exact) mass is 361 g/mol. The van der Waals surface area contributed by atoms with Crippen LogP contribution in [0.2, 0.25) is 0 Å². The summed E-state index contributed by atoms with van der Waals surface area (Å²) in [6.45, 7) is 0. The highest BCUT2D eigenvalue weighted by Crippen LogP contribution is 2.32. The number of hydrogen-bond donors (Lipinski definition) is 1. The molecule has 0 aromatic heterocycles.